The van der Waals surface area contributed by atoms with E-state index in [4.69, 9.17) is 0 Å². The van der Waals surface area contributed by atoms with Crippen LogP contribution >= 0.6 is 0 Å². The number of quaternary nitrogens is 1. The normalized spacial score (nSPS) is 30.3. The molecular weight excluding hydrogens is 252 g/mol. The van der Waals surface area contributed by atoms with Crippen molar-refractivity contribution in [2.45, 2.75) is 6.42 Å². The summed E-state index contributed by atoms with van der Waals surface area (Å²) in [5.41, 5.74) is 0.831. The van der Waals surface area contributed by atoms with Gasteiger partial charge in [-0.05, 0) is 0 Å². The molecule has 20 heavy (non-hydrogen) atoms. The molecule has 0 saturated carbocycles. The predicted octanol–water partition coefficient (Wildman–Crippen LogP) is 0.415. The van der Waals surface area contributed by atoms with E-state index in [0.29, 0.717) is 6.54 Å². The van der Waals surface area contributed by atoms with Crippen LogP contribution in [-0.2, 0) is 0 Å². The summed E-state index contributed by atoms with van der Waals surface area (Å²) in [6.45, 7) is 6.35. The van der Waals surface area contributed by atoms with Gasteiger partial charge in [0.25, 0.3) is 0 Å². The van der Waals surface area contributed by atoms with Gasteiger partial charge in [0.15, 0.2) is 0 Å². The minimum atomic E-state index is 0.253. The van der Waals surface area contributed by atoms with Gasteiger partial charge < -0.3 is 0 Å². The Labute approximate surface area is 120 Å². The van der Waals surface area contributed by atoms with Crippen molar-refractivity contribution in [2.24, 2.45) is 0 Å². The van der Waals surface area contributed by atoms with E-state index in [1.54, 1.807) is 0 Å². The predicted molar refractivity (Wildman–Crippen MR) is 77.8 cm³/mol. The zero-order valence-electron chi connectivity index (χ0n) is 11.8. The molecular formula is C15H23N4O+. The number of rotatable bonds is 3. The molecule has 0 aliphatic carbocycles. The molecule has 0 radical (unpaired) electrons. The van der Waals surface area contributed by atoms with Gasteiger partial charge in [0.2, 0.25) is 5.78 Å². The maximum atomic E-state index is 12.5. The molecule has 2 aliphatic heterocycles. The summed E-state index contributed by atoms with van der Waals surface area (Å²) in [6.07, 6.45) is 1.16. The van der Waals surface area contributed by atoms with E-state index >= 15 is 0 Å². The van der Waals surface area contributed by atoms with Crippen LogP contribution in [0.5, 0.6) is 0 Å². The average Bonchev–Trinajstić information content (AvgIpc) is 2.47. The second-order valence-corrected chi connectivity index (χ2v) is 5.89. The van der Waals surface area contributed by atoms with E-state index in [1.165, 1.54) is 0 Å². The molecule has 2 saturated heterocycles. The first-order valence-corrected chi connectivity index (χ1v) is 7.35. The largest absolute Gasteiger partial charge is 0.292 e. The number of nitrogens with zero attached hydrogens (tertiary/aromatic N) is 2. The fourth-order valence-electron chi connectivity index (χ4n) is 3.25. The van der Waals surface area contributed by atoms with Gasteiger partial charge >= 0.3 is 0 Å². The Morgan fingerprint density at radius 2 is 2.10 bits per heavy atom. The first kappa shape index (κ1) is 13.7. The van der Waals surface area contributed by atoms with Crippen molar-refractivity contribution in [3.8, 4) is 0 Å². The van der Waals surface area contributed by atoms with E-state index in [2.05, 4.69) is 15.5 Å². The first-order valence-electron chi connectivity index (χ1n) is 7.35. The zero-order valence-corrected chi connectivity index (χ0v) is 11.8. The third-order valence-electron chi connectivity index (χ3n) is 4.21. The molecule has 0 amide bonds. The molecule has 2 heterocycles. The molecule has 2 atom stereocenters. The molecule has 5 heteroatoms. The fraction of sp³-hybridized carbons (Fsp3) is 0.533. The second kappa shape index (κ2) is 6.01. The third-order valence-corrected chi connectivity index (χ3v) is 4.21. The van der Waals surface area contributed by atoms with Crippen molar-refractivity contribution < 1.29 is 9.28 Å². The van der Waals surface area contributed by atoms with Crippen LogP contribution in [0.4, 0.5) is 0 Å². The smallest absolute Gasteiger partial charge is 0.217 e. The second-order valence-electron chi connectivity index (χ2n) is 5.89. The van der Waals surface area contributed by atoms with Crippen molar-refractivity contribution in [3.05, 3.63) is 35.9 Å². The summed E-state index contributed by atoms with van der Waals surface area (Å²) in [7, 11) is 0. The number of hydrogen-bond acceptors (Lipinski definition) is 4. The number of fused-ring (bicyclic) bond motifs is 2. The number of nitrogens with one attached hydrogen (secondary N) is 2. The SMILES string of the molecule is O=C(C[N+]12CCCN(CNCNC1)C2)c1ccccc1. The average molecular weight is 275 g/mol. The van der Waals surface area contributed by atoms with Crippen LogP contribution in [0.15, 0.2) is 30.3 Å². The highest BCUT2D eigenvalue weighted by Gasteiger charge is 2.36. The lowest BCUT2D eigenvalue weighted by Gasteiger charge is -2.46. The lowest BCUT2D eigenvalue weighted by Crippen LogP contribution is -2.67. The monoisotopic (exact) mass is 275 g/mol. The molecule has 2 unspecified atom stereocenters. The minimum Gasteiger partial charge on any atom is -0.292 e. The lowest BCUT2D eigenvalue weighted by molar-refractivity contribution is -0.938. The van der Waals surface area contributed by atoms with Crippen molar-refractivity contribution in [2.75, 3.05) is 46.3 Å². The molecule has 1 aromatic rings. The van der Waals surface area contributed by atoms with E-state index in [-0.39, 0.29) is 5.78 Å². The van der Waals surface area contributed by atoms with Gasteiger partial charge in [-0.15, -0.1) is 0 Å². The summed E-state index contributed by atoms with van der Waals surface area (Å²) in [5, 5.41) is 6.79. The van der Waals surface area contributed by atoms with Crippen molar-refractivity contribution in [3.63, 3.8) is 0 Å². The number of ketones is 1. The quantitative estimate of drug-likeness (QED) is 0.620. The first-order chi connectivity index (χ1) is 9.77. The third kappa shape index (κ3) is 3.07. The van der Waals surface area contributed by atoms with Crippen molar-refractivity contribution >= 4 is 5.78 Å². The summed E-state index contributed by atoms with van der Waals surface area (Å²) < 4.78 is 0.843. The Balaban J connectivity index is 1.74. The number of carbonyl (C=O) groups is 1. The number of Topliss-reactive ketones (excluding diaryl/α,β-unsaturated/α-hetero) is 1. The number of benzene rings is 1. The van der Waals surface area contributed by atoms with E-state index in [0.717, 1.165) is 56.2 Å². The van der Waals surface area contributed by atoms with Crippen LogP contribution in [-0.4, -0.2) is 61.5 Å². The highest BCUT2D eigenvalue weighted by Crippen LogP contribution is 2.17. The standard InChI is InChI=1S/C15H23N4O/c20-15(14-5-2-1-3-6-14)9-19-8-4-7-18(13-19)11-16-10-17-12-19/h1-3,5-6,16-17H,4,7-13H2/q+1. The Morgan fingerprint density at radius 3 is 2.95 bits per heavy atom. The van der Waals surface area contributed by atoms with Gasteiger partial charge in [0, 0.05) is 18.5 Å². The van der Waals surface area contributed by atoms with Gasteiger partial charge in [-0.25, -0.2) is 4.90 Å². The van der Waals surface area contributed by atoms with Gasteiger partial charge in [-0.1, -0.05) is 30.3 Å². The highest BCUT2D eigenvalue weighted by atomic mass is 16.1. The summed E-state index contributed by atoms with van der Waals surface area (Å²) in [5.74, 6) is 0.253. The summed E-state index contributed by atoms with van der Waals surface area (Å²) >= 11 is 0. The van der Waals surface area contributed by atoms with Crippen molar-refractivity contribution in [1.29, 1.82) is 0 Å². The Bertz CT molecular complexity index is 464. The molecule has 2 bridgehead atoms. The van der Waals surface area contributed by atoms with Crippen LogP contribution in [0.25, 0.3) is 0 Å². The maximum Gasteiger partial charge on any atom is 0.217 e. The highest BCUT2D eigenvalue weighted by molar-refractivity contribution is 5.96. The van der Waals surface area contributed by atoms with Gasteiger partial charge in [-0.3, -0.25) is 19.9 Å². The molecule has 2 N–H and O–H groups in total. The van der Waals surface area contributed by atoms with E-state index < -0.39 is 0 Å². The van der Waals surface area contributed by atoms with Gasteiger partial charge in [0.1, 0.15) is 19.9 Å². The maximum absolute atomic E-state index is 12.5. The molecule has 1 aromatic carbocycles. The topological polar surface area (TPSA) is 44.4 Å². The fourth-order valence-corrected chi connectivity index (χ4v) is 3.25. The Hall–Kier alpha value is -1.27. The molecule has 2 fully saturated rings. The van der Waals surface area contributed by atoms with Crippen LogP contribution < -0.4 is 10.6 Å². The van der Waals surface area contributed by atoms with Crippen LogP contribution in [0.3, 0.4) is 0 Å². The molecule has 2 aliphatic rings. The number of carbonyl (C=O) groups excluding carboxylic acids is 1. The van der Waals surface area contributed by atoms with Crippen molar-refractivity contribution in [1.82, 2.24) is 15.5 Å². The Kier molecular flexibility index (Phi) is 4.12. The molecule has 0 spiro atoms. The lowest BCUT2D eigenvalue weighted by atomic mass is 10.1. The molecule has 5 nitrogen and oxygen atoms in total. The van der Waals surface area contributed by atoms with Gasteiger partial charge in [-0.2, -0.15) is 0 Å². The number of hydrogen-bond donors (Lipinski definition) is 2. The van der Waals surface area contributed by atoms with E-state index in [9.17, 15) is 4.79 Å². The van der Waals surface area contributed by atoms with Gasteiger partial charge in [0.05, 0.1) is 19.9 Å². The van der Waals surface area contributed by atoms with E-state index in [1.807, 2.05) is 30.3 Å². The molecule has 3 rings (SSSR count). The van der Waals surface area contributed by atoms with Crippen LogP contribution in [0.2, 0.25) is 0 Å². The zero-order chi connectivity index (χ0) is 13.8. The van der Waals surface area contributed by atoms with Crippen LogP contribution in [0, 0.1) is 0 Å². The Morgan fingerprint density at radius 1 is 1.25 bits per heavy atom. The summed E-state index contributed by atoms with van der Waals surface area (Å²) in [6, 6.07) is 9.66. The summed E-state index contributed by atoms with van der Waals surface area (Å²) in [4.78, 5) is 14.9. The molecule has 108 valence electrons. The minimum absolute atomic E-state index is 0.253. The van der Waals surface area contributed by atoms with Crippen LogP contribution in [0.1, 0.15) is 16.8 Å². The molecule has 0 aromatic heterocycles.